The van der Waals surface area contributed by atoms with E-state index in [2.05, 4.69) is 38.0 Å². The molecule has 0 saturated carbocycles. The number of carbonyl (C=O) groups is 1. The van der Waals surface area contributed by atoms with Crippen molar-refractivity contribution in [1.82, 2.24) is 21.5 Å². The molecule has 0 saturated heterocycles. The fraction of sp³-hybridized carbons (Fsp3) is 0.120. The zero-order chi connectivity index (χ0) is 25.8. The van der Waals surface area contributed by atoms with E-state index in [1.54, 1.807) is 56.7 Å². The van der Waals surface area contributed by atoms with Crippen LogP contribution >= 0.6 is 11.3 Å². The number of fused-ring (bicyclic) bond motifs is 1. The summed E-state index contributed by atoms with van der Waals surface area (Å²) in [5, 5.41) is 16.4. The lowest BCUT2D eigenvalue weighted by Crippen LogP contribution is -2.35. The van der Waals surface area contributed by atoms with Crippen LogP contribution < -0.4 is 36.0 Å². The molecule has 0 radical (unpaired) electrons. The maximum Gasteiger partial charge on any atom is 0.271 e. The predicted octanol–water partition coefficient (Wildman–Crippen LogP) is 3.22. The summed E-state index contributed by atoms with van der Waals surface area (Å²) in [6.07, 6.45) is -0.993. The summed E-state index contributed by atoms with van der Waals surface area (Å²) in [4.78, 5) is 18.0. The molecule has 37 heavy (non-hydrogen) atoms. The van der Waals surface area contributed by atoms with E-state index in [9.17, 15) is 4.79 Å². The molecule has 1 unspecified atom stereocenters. The van der Waals surface area contributed by atoms with Crippen molar-refractivity contribution in [3.8, 4) is 23.3 Å². The Morgan fingerprint density at radius 3 is 2.43 bits per heavy atom. The molecule has 3 aromatic carbocycles. The first kappa shape index (κ1) is 23.9. The number of benzene rings is 3. The Kier molecular flexibility index (Phi) is 6.71. The average Bonchev–Trinajstić information content (AvgIpc) is 3.61. The summed E-state index contributed by atoms with van der Waals surface area (Å²) in [5.74, 6) is 1.77. The minimum atomic E-state index is -0.993. The first-order chi connectivity index (χ1) is 18.1. The molecule has 1 aromatic heterocycles. The van der Waals surface area contributed by atoms with Crippen molar-refractivity contribution in [2.75, 3.05) is 19.5 Å². The molecule has 1 atom stereocenters. The van der Waals surface area contributed by atoms with Gasteiger partial charge in [-0.1, -0.05) is 35.6 Å². The number of nitriles is 1. The summed E-state index contributed by atoms with van der Waals surface area (Å²) in [5.41, 5.74) is 10.8. The van der Waals surface area contributed by atoms with E-state index in [4.69, 9.17) is 19.5 Å². The Balaban J connectivity index is 1.43. The number of hydrogen-bond acceptors (Lipinski definition) is 11. The van der Waals surface area contributed by atoms with Gasteiger partial charge in [-0.3, -0.25) is 15.5 Å². The van der Waals surface area contributed by atoms with Crippen molar-refractivity contribution in [2.24, 2.45) is 5.10 Å². The van der Waals surface area contributed by atoms with Crippen molar-refractivity contribution >= 4 is 38.4 Å². The number of carbonyl (C=O) groups excluding carboxylic acids is 1. The highest BCUT2D eigenvalue weighted by atomic mass is 32.1. The Morgan fingerprint density at radius 2 is 1.78 bits per heavy atom. The van der Waals surface area contributed by atoms with Crippen molar-refractivity contribution < 1.29 is 19.0 Å². The van der Waals surface area contributed by atoms with Crippen LogP contribution in [0.5, 0.6) is 17.2 Å². The molecule has 1 amide bonds. The molecule has 4 aromatic rings. The first-order valence-corrected chi connectivity index (χ1v) is 11.8. The Hall–Kier alpha value is -4.86. The summed E-state index contributed by atoms with van der Waals surface area (Å²) in [6, 6.07) is 19.4. The molecular formula is C25H21N7O4S. The van der Waals surface area contributed by atoms with Crippen molar-refractivity contribution in [3.63, 3.8) is 0 Å². The van der Waals surface area contributed by atoms with Gasteiger partial charge in [0.2, 0.25) is 6.10 Å². The third kappa shape index (κ3) is 5.08. The number of amides is 1. The van der Waals surface area contributed by atoms with Gasteiger partial charge in [0.25, 0.3) is 5.91 Å². The maximum absolute atomic E-state index is 13.5. The second-order valence-electron chi connectivity index (χ2n) is 7.76. The van der Waals surface area contributed by atoms with Gasteiger partial charge in [-0.2, -0.15) is 5.26 Å². The number of rotatable bonds is 8. The molecule has 1 aliphatic rings. The van der Waals surface area contributed by atoms with Crippen LogP contribution in [0, 0.1) is 11.3 Å². The molecular weight excluding hydrogens is 494 g/mol. The number of hydrazine groups is 2. The summed E-state index contributed by atoms with van der Waals surface area (Å²) < 4.78 is 17.6. The number of hydrogen-bond donors (Lipinski definition) is 4. The van der Waals surface area contributed by atoms with Gasteiger partial charge in [0.15, 0.2) is 22.5 Å². The van der Waals surface area contributed by atoms with E-state index < -0.39 is 12.0 Å². The summed E-state index contributed by atoms with van der Waals surface area (Å²) in [7, 11) is 3.11. The molecule has 1 aliphatic heterocycles. The number of nitrogens with one attached hydrogen (secondary N) is 4. The monoisotopic (exact) mass is 515 g/mol. The number of ether oxygens (including phenoxy) is 3. The predicted molar refractivity (Wildman–Crippen MR) is 138 cm³/mol. The molecule has 4 N–H and O–H groups in total. The highest BCUT2D eigenvalue weighted by molar-refractivity contribution is 7.22. The smallest absolute Gasteiger partial charge is 0.271 e. The Morgan fingerprint density at radius 1 is 1.05 bits per heavy atom. The van der Waals surface area contributed by atoms with E-state index in [0.29, 0.717) is 44.9 Å². The molecule has 2 heterocycles. The maximum atomic E-state index is 13.5. The largest absolute Gasteiger partial charge is 0.493 e. The minimum Gasteiger partial charge on any atom is -0.493 e. The highest BCUT2D eigenvalue weighted by Gasteiger charge is 2.25. The van der Waals surface area contributed by atoms with Crippen LogP contribution in [0.15, 0.2) is 65.8 Å². The zero-order valence-corrected chi connectivity index (χ0v) is 20.6. The molecule has 5 rings (SSSR count). The van der Waals surface area contributed by atoms with E-state index in [1.165, 1.54) is 11.3 Å². The lowest BCUT2D eigenvalue weighted by Gasteiger charge is -2.19. The van der Waals surface area contributed by atoms with Crippen LogP contribution in [0.4, 0.5) is 5.13 Å². The number of amidine groups is 1. The second-order valence-corrected chi connectivity index (χ2v) is 8.79. The van der Waals surface area contributed by atoms with Crippen LogP contribution in [0.1, 0.15) is 22.8 Å². The third-order valence-corrected chi connectivity index (χ3v) is 6.42. The van der Waals surface area contributed by atoms with Gasteiger partial charge in [0, 0.05) is 23.3 Å². The van der Waals surface area contributed by atoms with Crippen LogP contribution in [0.3, 0.4) is 0 Å². The third-order valence-electron chi connectivity index (χ3n) is 5.49. The second kappa shape index (κ2) is 10.4. The number of thiazole rings is 1. The lowest BCUT2D eigenvalue weighted by atomic mass is 10.1. The summed E-state index contributed by atoms with van der Waals surface area (Å²) >= 11 is 1.31. The van der Waals surface area contributed by atoms with Gasteiger partial charge in [-0.25, -0.2) is 10.5 Å². The van der Waals surface area contributed by atoms with Crippen LogP contribution in [0.2, 0.25) is 0 Å². The average molecular weight is 516 g/mol. The topological polar surface area (TPSA) is 142 Å². The van der Waals surface area contributed by atoms with Gasteiger partial charge >= 0.3 is 0 Å². The molecule has 0 spiro atoms. The molecule has 186 valence electrons. The quantitative estimate of drug-likeness (QED) is 0.278. The standard InChI is InChI=1S/C25H21N7O4S/c1-34-19-11-18-21(12-20(19)35-2)37-25(27-18)28-24(33)22(36-17-9-3-14(13-26)4-10-17)15-5-7-16(8-6-15)23-29-31-32-30-23/h3-12,22,31-32H,1-2H3,(H,29,30)(H,27,28,33). The Bertz CT molecular complexity index is 1470. The normalized spacial score (nSPS) is 13.1. The number of aromatic nitrogens is 1. The first-order valence-electron chi connectivity index (χ1n) is 11.0. The van der Waals surface area contributed by atoms with Gasteiger partial charge in [-0.15, -0.1) is 10.6 Å². The van der Waals surface area contributed by atoms with Gasteiger partial charge in [0.1, 0.15) is 5.75 Å². The lowest BCUT2D eigenvalue weighted by molar-refractivity contribution is -0.123. The van der Waals surface area contributed by atoms with E-state index in [1.807, 2.05) is 18.2 Å². The van der Waals surface area contributed by atoms with Crippen molar-refractivity contribution in [3.05, 3.63) is 77.4 Å². The molecule has 11 nitrogen and oxygen atoms in total. The zero-order valence-electron chi connectivity index (χ0n) is 19.7. The molecule has 0 aliphatic carbocycles. The van der Waals surface area contributed by atoms with Crippen LogP contribution in [0.25, 0.3) is 10.2 Å². The Labute approximate surface area is 215 Å². The van der Waals surface area contributed by atoms with Crippen molar-refractivity contribution in [2.45, 2.75) is 6.10 Å². The van der Waals surface area contributed by atoms with E-state index in [-0.39, 0.29) is 0 Å². The van der Waals surface area contributed by atoms with Crippen LogP contribution in [-0.4, -0.2) is 30.9 Å². The van der Waals surface area contributed by atoms with Gasteiger partial charge in [0.05, 0.1) is 36.1 Å². The molecule has 0 fully saturated rings. The van der Waals surface area contributed by atoms with E-state index >= 15 is 0 Å². The van der Waals surface area contributed by atoms with Crippen molar-refractivity contribution in [1.29, 1.82) is 5.26 Å². The van der Waals surface area contributed by atoms with Crippen LogP contribution in [-0.2, 0) is 4.79 Å². The minimum absolute atomic E-state index is 0.405. The molecule has 12 heteroatoms. The summed E-state index contributed by atoms with van der Waals surface area (Å²) in [6.45, 7) is 0. The van der Waals surface area contributed by atoms with Gasteiger partial charge < -0.3 is 14.2 Å². The fourth-order valence-corrected chi connectivity index (χ4v) is 4.53. The molecule has 0 bridgehead atoms. The number of hydrazone groups is 1. The SMILES string of the molecule is COc1cc2nc(NC(=O)C(Oc3ccc(C#N)cc3)c3ccc(C4=NNNN4)cc3)sc2cc1OC. The fourth-order valence-electron chi connectivity index (χ4n) is 3.65. The number of methoxy groups -OCH3 is 2. The van der Waals surface area contributed by atoms with E-state index in [0.717, 1.165) is 10.3 Å². The highest BCUT2D eigenvalue weighted by Crippen LogP contribution is 2.36. The van der Waals surface area contributed by atoms with Gasteiger partial charge in [-0.05, 0) is 24.3 Å². The number of anilines is 1. The number of nitrogens with zero attached hydrogens (tertiary/aromatic N) is 3.